The van der Waals surface area contributed by atoms with E-state index < -0.39 is 16.1 Å². The molecule has 0 fully saturated rings. The molecule has 0 aromatic heterocycles. The first kappa shape index (κ1) is 17.0. The summed E-state index contributed by atoms with van der Waals surface area (Å²) in [5, 5.41) is 0. The maximum Gasteiger partial charge on any atom is 0.421 e. The molecule has 0 aliphatic rings. The van der Waals surface area contributed by atoms with Gasteiger partial charge in [0.15, 0.2) is 0 Å². The number of amides is 1. The highest BCUT2D eigenvalue weighted by molar-refractivity contribution is 7.90. The van der Waals surface area contributed by atoms with Crippen molar-refractivity contribution in [3.8, 4) is 11.1 Å². The SMILES string of the molecule is CCCCOC(=O)NS(=O)(=O)c1ccc(-c2ccccc2)cc1. The molecule has 0 unspecified atom stereocenters. The molecule has 0 saturated carbocycles. The van der Waals surface area contributed by atoms with Gasteiger partial charge in [0.25, 0.3) is 10.0 Å². The Morgan fingerprint density at radius 3 is 2.22 bits per heavy atom. The maximum absolute atomic E-state index is 12.1. The van der Waals surface area contributed by atoms with Crippen LogP contribution in [-0.2, 0) is 14.8 Å². The lowest BCUT2D eigenvalue weighted by Gasteiger charge is -2.08. The van der Waals surface area contributed by atoms with E-state index in [1.165, 1.54) is 12.1 Å². The van der Waals surface area contributed by atoms with Crippen molar-refractivity contribution in [1.29, 1.82) is 0 Å². The summed E-state index contributed by atoms with van der Waals surface area (Å²) in [6.07, 6.45) is 0.603. The Morgan fingerprint density at radius 2 is 1.61 bits per heavy atom. The Labute approximate surface area is 136 Å². The molecule has 0 atom stereocenters. The normalized spacial score (nSPS) is 11.0. The van der Waals surface area contributed by atoms with E-state index in [4.69, 9.17) is 4.74 Å². The predicted octanol–water partition coefficient (Wildman–Crippen LogP) is 3.57. The van der Waals surface area contributed by atoms with Crippen LogP contribution in [0.1, 0.15) is 19.8 Å². The number of unbranched alkanes of at least 4 members (excludes halogenated alkanes) is 1. The molecule has 2 rings (SSSR count). The van der Waals surface area contributed by atoms with Crippen LogP contribution in [0.5, 0.6) is 0 Å². The van der Waals surface area contributed by atoms with Gasteiger partial charge >= 0.3 is 6.09 Å². The van der Waals surface area contributed by atoms with E-state index in [1.54, 1.807) is 12.1 Å². The maximum atomic E-state index is 12.1. The fourth-order valence-corrected chi connectivity index (χ4v) is 2.86. The van der Waals surface area contributed by atoms with E-state index in [9.17, 15) is 13.2 Å². The van der Waals surface area contributed by atoms with E-state index in [2.05, 4.69) is 0 Å². The van der Waals surface area contributed by atoms with Crippen molar-refractivity contribution in [2.75, 3.05) is 6.61 Å². The van der Waals surface area contributed by atoms with Gasteiger partial charge in [0.2, 0.25) is 0 Å². The summed E-state index contributed by atoms with van der Waals surface area (Å²) < 4.78 is 30.9. The van der Waals surface area contributed by atoms with Gasteiger partial charge in [0.1, 0.15) is 0 Å². The largest absolute Gasteiger partial charge is 0.449 e. The highest BCUT2D eigenvalue weighted by Crippen LogP contribution is 2.20. The smallest absolute Gasteiger partial charge is 0.421 e. The second-order valence-corrected chi connectivity index (χ2v) is 6.67. The van der Waals surface area contributed by atoms with Crippen LogP contribution in [0.4, 0.5) is 4.79 Å². The molecule has 0 aliphatic heterocycles. The molecule has 1 amide bonds. The molecule has 5 nitrogen and oxygen atoms in total. The lowest BCUT2D eigenvalue weighted by atomic mass is 10.1. The third kappa shape index (κ3) is 4.82. The summed E-state index contributed by atoms with van der Waals surface area (Å²) in [5.41, 5.74) is 1.89. The van der Waals surface area contributed by atoms with Crippen LogP contribution < -0.4 is 4.72 Å². The van der Waals surface area contributed by atoms with Gasteiger partial charge in [-0.1, -0.05) is 55.8 Å². The second kappa shape index (κ2) is 7.78. The van der Waals surface area contributed by atoms with E-state index in [1.807, 2.05) is 42.0 Å². The number of hydrogen-bond acceptors (Lipinski definition) is 4. The molecule has 122 valence electrons. The summed E-state index contributed by atoms with van der Waals surface area (Å²) >= 11 is 0. The monoisotopic (exact) mass is 333 g/mol. The average molecular weight is 333 g/mol. The molecule has 6 heteroatoms. The van der Waals surface area contributed by atoms with Crippen molar-refractivity contribution in [2.45, 2.75) is 24.7 Å². The Kier molecular flexibility index (Phi) is 5.76. The third-order valence-corrected chi connectivity index (χ3v) is 4.55. The zero-order chi connectivity index (χ0) is 16.7. The number of ether oxygens (including phenoxy) is 1. The Balaban J connectivity index is 2.07. The molecule has 0 saturated heterocycles. The summed E-state index contributed by atoms with van der Waals surface area (Å²) in [7, 11) is -3.92. The van der Waals surface area contributed by atoms with Gasteiger partial charge in [0.05, 0.1) is 11.5 Å². The van der Waals surface area contributed by atoms with E-state index in [0.717, 1.165) is 17.5 Å². The minimum Gasteiger partial charge on any atom is -0.449 e. The molecule has 23 heavy (non-hydrogen) atoms. The molecule has 0 aliphatic carbocycles. The van der Waals surface area contributed by atoms with Gasteiger partial charge in [-0.2, -0.15) is 0 Å². The summed E-state index contributed by atoms with van der Waals surface area (Å²) in [5.74, 6) is 0. The van der Waals surface area contributed by atoms with E-state index in [0.29, 0.717) is 6.42 Å². The first-order valence-corrected chi connectivity index (χ1v) is 8.86. The van der Waals surface area contributed by atoms with Crippen LogP contribution in [-0.4, -0.2) is 21.1 Å². The topological polar surface area (TPSA) is 72.5 Å². The van der Waals surface area contributed by atoms with Crippen molar-refractivity contribution < 1.29 is 17.9 Å². The highest BCUT2D eigenvalue weighted by Gasteiger charge is 2.18. The lowest BCUT2D eigenvalue weighted by Crippen LogP contribution is -2.31. The quantitative estimate of drug-likeness (QED) is 0.820. The van der Waals surface area contributed by atoms with Crippen LogP contribution in [0.2, 0.25) is 0 Å². The number of benzene rings is 2. The molecule has 0 radical (unpaired) electrons. The van der Waals surface area contributed by atoms with Gasteiger partial charge in [-0.15, -0.1) is 0 Å². The molecule has 1 N–H and O–H groups in total. The van der Waals surface area contributed by atoms with Crippen molar-refractivity contribution in [2.24, 2.45) is 0 Å². The molecule has 0 bridgehead atoms. The van der Waals surface area contributed by atoms with Crippen LogP contribution >= 0.6 is 0 Å². The van der Waals surface area contributed by atoms with Gasteiger partial charge in [-0.05, 0) is 29.7 Å². The average Bonchev–Trinajstić information content (AvgIpc) is 2.55. The number of rotatable bonds is 6. The fraction of sp³-hybridized carbons (Fsp3) is 0.235. The van der Waals surface area contributed by atoms with Crippen molar-refractivity contribution in [3.05, 3.63) is 54.6 Å². The predicted molar refractivity (Wildman–Crippen MR) is 88.5 cm³/mol. The van der Waals surface area contributed by atoms with Gasteiger partial charge in [-0.3, -0.25) is 0 Å². The lowest BCUT2D eigenvalue weighted by molar-refractivity contribution is 0.151. The number of sulfonamides is 1. The summed E-state index contributed by atoms with van der Waals surface area (Å²) in [6.45, 7) is 2.15. The fourth-order valence-electron chi connectivity index (χ4n) is 1.96. The molecule has 2 aromatic carbocycles. The number of hydrogen-bond donors (Lipinski definition) is 1. The van der Waals surface area contributed by atoms with E-state index in [-0.39, 0.29) is 11.5 Å². The van der Waals surface area contributed by atoms with E-state index >= 15 is 0 Å². The third-order valence-electron chi connectivity index (χ3n) is 3.22. The van der Waals surface area contributed by atoms with Gasteiger partial charge < -0.3 is 4.74 Å². The second-order valence-electron chi connectivity index (χ2n) is 4.99. The summed E-state index contributed by atoms with van der Waals surface area (Å²) in [4.78, 5) is 11.5. The Morgan fingerprint density at radius 1 is 1.00 bits per heavy atom. The first-order chi connectivity index (χ1) is 11.0. The Hall–Kier alpha value is -2.34. The zero-order valence-corrected chi connectivity index (χ0v) is 13.7. The molecule has 0 heterocycles. The minimum absolute atomic E-state index is 0.0182. The number of carbonyl (C=O) groups excluding carboxylic acids is 1. The number of nitrogens with one attached hydrogen (secondary N) is 1. The van der Waals surface area contributed by atoms with Crippen molar-refractivity contribution in [1.82, 2.24) is 4.72 Å². The first-order valence-electron chi connectivity index (χ1n) is 7.38. The Bertz CT molecular complexity index is 740. The highest BCUT2D eigenvalue weighted by atomic mass is 32.2. The molecular weight excluding hydrogens is 314 g/mol. The molecule has 2 aromatic rings. The van der Waals surface area contributed by atoms with Crippen molar-refractivity contribution >= 4 is 16.1 Å². The molecule has 0 spiro atoms. The van der Waals surface area contributed by atoms with Crippen molar-refractivity contribution in [3.63, 3.8) is 0 Å². The summed E-state index contributed by atoms with van der Waals surface area (Å²) in [6, 6.07) is 15.9. The molecular formula is C17H19NO4S. The van der Waals surface area contributed by atoms with Crippen LogP contribution in [0.3, 0.4) is 0 Å². The van der Waals surface area contributed by atoms with Gasteiger partial charge in [0, 0.05) is 0 Å². The number of carbonyl (C=O) groups is 1. The van der Waals surface area contributed by atoms with Crippen LogP contribution in [0.15, 0.2) is 59.5 Å². The zero-order valence-electron chi connectivity index (χ0n) is 12.9. The van der Waals surface area contributed by atoms with Gasteiger partial charge in [-0.25, -0.2) is 17.9 Å². The van der Waals surface area contributed by atoms with Crippen LogP contribution in [0, 0.1) is 0 Å². The van der Waals surface area contributed by atoms with Crippen LogP contribution in [0.25, 0.3) is 11.1 Å². The minimum atomic E-state index is -3.92. The standard InChI is InChI=1S/C17H19NO4S/c1-2-3-13-22-17(19)18-23(20,21)16-11-9-15(10-12-16)14-7-5-4-6-8-14/h4-12H,2-3,13H2,1H3,(H,18,19).